The highest BCUT2D eigenvalue weighted by atomic mass is 16.5. The smallest absolute Gasteiger partial charge is 0.233 e. The van der Waals surface area contributed by atoms with Crippen LogP contribution in [0.15, 0.2) is 12.1 Å². The van der Waals surface area contributed by atoms with Gasteiger partial charge in [-0.2, -0.15) is 5.10 Å². The molecule has 0 bridgehead atoms. The third kappa shape index (κ3) is 4.23. The highest BCUT2D eigenvalue weighted by Gasteiger charge is 2.17. The van der Waals surface area contributed by atoms with Crippen LogP contribution < -0.4 is 10.1 Å². The Balaban J connectivity index is 1.77. The highest BCUT2D eigenvalue weighted by Crippen LogP contribution is 2.13. The van der Waals surface area contributed by atoms with Gasteiger partial charge in [-0.25, -0.2) is 0 Å². The normalized spacial score (nSPS) is 19.4. The van der Waals surface area contributed by atoms with Crippen LogP contribution in [0.5, 0.6) is 5.88 Å². The van der Waals surface area contributed by atoms with Gasteiger partial charge in [0.05, 0.1) is 18.9 Å². The van der Waals surface area contributed by atoms with E-state index in [9.17, 15) is 0 Å². The van der Waals surface area contributed by atoms with Crippen molar-refractivity contribution in [1.82, 2.24) is 15.5 Å². The Hall–Kier alpha value is -1.20. The van der Waals surface area contributed by atoms with E-state index in [1.165, 1.54) is 0 Å². The van der Waals surface area contributed by atoms with E-state index in [1.807, 2.05) is 12.1 Å². The quantitative estimate of drug-likeness (QED) is 0.828. The average molecular weight is 251 g/mol. The van der Waals surface area contributed by atoms with E-state index in [0.717, 1.165) is 31.8 Å². The summed E-state index contributed by atoms with van der Waals surface area (Å²) in [5, 5.41) is 11.5. The zero-order valence-corrected chi connectivity index (χ0v) is 11.1. The number of hydrogen-bond acceptors (Lipinski definition) is 5. The van der Waals surface area contributed by atoms with Crippen LogP contribution in [-0.4, -0.2) is 36.1 Å². The molecule has 1 aliphatic heterocycles. The molecule has 5 heteroatoms. The summed E-state index contributed by atoms with van der Waals surface area (Å²) in [5.41, 5.74) is 0.936. The monoisotopic (exact) mass is 251 g/mol. The van der Waals surface area contributed by atoms with E-state index < -0.39 is 0 Å². The first kappa shape index (κ1) is 13.2. The van der Waals surface area contributed by atoms with Crippen LogP contribution in [-0.2, 0) is 11.3 Å². The van der Waals surface area contributed by atoms with E-state index in [2.05, 4.69) is 29.4 Å². The Bertz CT molecular complexity index is 348. The molecule has 2 heterocycles. The summed E-state index contributed by atoms with van der Waals surface area (Å²) in [6.07, 6.45) is 1.06. The molecular formula is C13H21N3O2. The number of nitrogens with one attached hydrogen (secondary N) is 1. The minimum Gasteiger partial charge on any atom is -0.471 e. The number of hydrogen-bond donors (Lipinski definition) is 1. The molecule has 0 aliphatic carbocycles. The van der Waals surface area contributed by atoms with Crippen LogP contribution in [0.2, 0.25) is 0 Å². The zero-order valence-electron chi connectivity index (χ0n) is 11.1. The first-order valence-corrected chi connectivity index (χ1v) is 6.52. The molecule has 18 heavy (non-hydrogen) atoms. The molecule has 1 fully saturated rings. The molecule has 1 unspecified atom stereocenters. The van der Waals surface area contributed by atoms with Gasteiger partial charge in [-0.15, -0.1) is 5.10 Å². The molecule has 1 saturated heterocycles. The first-order valence-electron chi connectivity index (χ1n) is 6.52. The van der Waals surface area contributed by atoms with Crippen LogP contribution in [0.25, 0.3) is 0 Å². The zero-order chi connectivity index (χ0) is 12.8. The highest BCUT2D eigenvalue weighted by molar-refractivity contribution is 5.11. The second kappa shape index (κ2) is 6.66. The summed E-state index contributed by atoms with van der Waals surface area (Å²) in [5.74, 6) is 1.22. The third-order valence-electron chi connectivity index (χ3n) is 2.73. The van der Waals surface area contributed by atoms with Crippen molar-refractivity contribution in [2.45, 2.75) is 32.9 Å². The van der Waals surface area contributed by atoms with Gasteiger partial charge < -0.3 is 14.8 Å². The molecule has 1 atom stereocenters. The van der Waals surface area contributed by atoms with Crippen molar-refractivity contribution in [1.29, 1.82) is 0 Å². The Morgan fingerprint density at radius 3 is 2.94 bits per heavy atom. The predicted octanol–water partition coefficient (Wildman–Crippen LogP) is 1.39. The molecule has 0 amide bonds. The average Bonchev–Trinajstić information content (AvgIpc) is 2.84. The van der Waals surface area contributed by atoms with Gasteiger partial charge in [0.2, 0.25) is 5.88 Å². The Morgan fingerprint density at radius 1 is 1.44 bits per heavy atom. The Kier molecular flexibility index (Phi) is 4.90. The summed E-state index contributed by atoms with van der Waals surface area (Å²) in [7, 11) is 0. The van der Waals surface area contributed by atoms with Crippen molar-refractivity contribution in [3.8, 4) is 5.88 Å². The lowest BCUT2D eigenvalue weighted by molar-refractivity contribution is 0.137. The van der Waals surface area contributed by atoms with Gasteiger partial charge in [0.15, 0.2) is 0 Å². The van der Waals surface area contributed by atoms with Crippen molar-refractivity contribution >= 4 is 0 Å². The fourth-order valence-electron chi connectivity index (χ4n) is 1.77. The molecule has 0 saturated carbocycles. The summed E-state index contributed by atoms with van der Waals surface area (Å²) >= 11 is 0. The van der Waals surface area contributed by atoms with Crippen LogP contribution in [0.1, 0.15) is 26.0 Å². The molecule has 5 nitrogen and oxygen atoms in total. The molecule has 0 spiro atoms. The maximum Gasteiger partial charge on any atom is 0.233 e. The molecule has 1 N–H and O–H groups in total. The van der Waals surface area contributed by atoms with Gasteiger partial charge in [-0.1, -0.05) is 13.8 Å². The van der Waals surface area contributed by atoms with Gasteiger partial charge in [0, 0.05) is 19.0 Å². The van der Waals surface area contributed by atoms with E-state index in [4.69, 9.17) is 9.47 Å². The first-order chi connectivity index (χ1) is 8.74. The largest absolute Gasteiger partial charge is 0.471 e. The number of aromatic nitrogens is 2. The lowest BCUT2D eigenvalue weighted by Crippen LogP contribution is -2.20. The second-order valence-electron chi connectivity index (χ2n) is 4.99. The van der Waals surface area contributed by atoms with E-state index in [1.54, 1.807) is 0 Å². The minimum atomic E-state index is 0.129. The Labute approximate surface area is 108 Å². The molecular weight excluding hydrogens is 230 g/mol. The van der Waals surface area contributed by atoms with Crippen LogP contribution in [0.4, 0.5) is 0 Å². The van der Waals surface area contributed by atoms with E-state index >= 15 is 0 Å². The number of nitrogens with zero attached hydrogens (tertiary/aromatic N) is 2. The van der Waals surface area contributed by atoms with E-state index in [0.29, 0.717) is 18.4 Å². The maximum atomic E-state index is 5.65. The molecule has 0 radical (unpaired) electrons. The topological polar surface area (TPSA) is 56.3 Å². The fraction of sp³-hybridized carbons (Fsp3) is 0.692. The SMILES string of the molecule is CC(C)CNCc1ccc(OC2CCOC2)nn1. The molecule has 100 valence electrons. The summed E-state index contributed by atoms with van der Waals surface area (Å²) in [6, 6.07) is 3.82. The summed E-state index contributed by atoms with van der Waals surface area (Å²) < 4.78 is 10.9. The molecule has 1 aromatic heterocycles. The van der Waals surface area contributed by atoms with Gasteiger partial charge in [0.1, 0.15) is 6.10 Å². The lowest BCUT2D eigenvalue weighted by atomic mass is 10.2. The third-order valence-corrected chi connectivity index (χ3v) is 2.73. The standard InChI is InChI=1S/C13H21N3O2/c1-10(2)7-14-8-11-3-4-13(16-15-11)18-12-5-6-17-9-12/h3-4,10,12,14H,5-9H2,1-2H3. The van der Waals surface area contributed by atoms with Crippen molar-refractivity contribution < 1.29 is 9.47 Å². The van der Waals surface area contributed by atoms with Gasteiger partial charge >= 0.3 is 0 Å². The van der Waals surface area contributed by atoms with Crippen LogP contribution >= 0.6 is 0 Å². The number of ether oxygens (including phenoxy) is 2. The molecule has 1 aliphatic rings. The Morgan fingerprint density at radius 2 is 2.33 bits per heavy atom. The van der Waals surface area contributed by atoms with Gasteiger partial charge in [-0.3, -0.25) is 0 Å². The van der Waals surface area contributed by atoms with Crippen LogP contribution in [0.3, 0.4) is 0 Å². The fourth-order valence-corrected chi connectivity index (χ4v) is 1.77. The maximum absolute atomic E-state index is 5.65. The predicted molar refractivity (Wildman–Crippen MR) is 68.4 cm³/mol. The molecule has 2 rings (SSSR count). The van der Waals surface area contributed by atoms with Crippen LogP contribution in [0, 0.1) is 5.92 Å². The van der Waals surface area contributed by atoms with Crippen molar-refractivity contribution in [3.05, 3.63) is 17.8 Å². The molecule has 1 aromatic rings. The van der Waals surface area contributed by atoms with Gasteiger partial charge in [0.25, 0.3) is 0 Å². The van der Waals surface area contributed by atoms with E-state index in [-0.39, 0.29) is 6.10 Å². The molecule has 0 aromatic carbocycles. The van der Waals surface area contributed by atoms with Crippen molar-refractivity contribution in [3.63, 3.8) is 0 Å². The number of rotatable bonds is 6. The second-order valence-corrected chi connectivity index (χ2v) is 4.99. The minimum absolute atomic E-state index is 0.129. The van der Waals surface area contributed by atoms with Gasteiger partial charge in [-0.05, 0) is 18.5 Å². The summed E-state index contributed by atoms with van der Waals surface area (Å²) in [4.78, 5) is 0. The lowest BCUT2D eigenvalue weighted by Gasteiger charge is -2.10. The van der Waals surface area contributed by atoms with Crippen molar-refractivity contribution in [2.24, 2.45) is 5.92 Å². The summed E-state index contributed by atoms with van der Waals surface area (Å²) in [6.45, 7) is 7.52. The van der Waals surface area contributed by atoms with Crippen molar-refractivity contribution in [2.75, 3.05) is 19.8 Å².